The van der Waals surface area contributed by atoms with Crippen LogP contribution >= 0.6 is 0 Å². The van der Waals surface area contributed by atoms with Gasteiger partial charge in [-0.1, -0.05) is 12.2 Å². The molecule has 17 heavy (non-hydrogen) atoms. The molecule has 1 rings (SSSR count). The van der Waals surface area contributed by atoms with E-state index in [9.17, 15) is 18.3 Å². The van der Waals surface area contributed by atoms with Gasteiger partial charge in [0.15, 0.2) is 6.29 Å². The van der Waals surface area contributed by atoms with Gasteiger partial charge < -0.3 is 9.84 Å². The van der Waals surface area contributed by atoms with Crippen LogP contribution in [0, 0.1) is 11.8 Å². The average Bonchev–Trinajstić information content (AvgIpc) is 2.27. The Morgan fingerprint density at radius 1 is 1.29 bits per heavy atom. The summed E-state index contributed by atoms with van der Waals surface area (Å²) in [5.41, 5.74) is 0. The first-order chi connectivity index (χ1) is 7.92. The number of methoxy groups -OCH3 is 1. The Labute approximate surface area is 99.5 Å². The molecule has 0 aromatic rings. The Balaban J connectivity index is 2.28. The lowest BCUT2D eigenvalue weighted by Crippen LogP contribution is -2.26. The topological polar surface area (TPSA) is 29.5 Å². The fraction of sp³-hybridized carbons (Fsp3) is 0.833. The first kappa shape index (κ1) is 14.5. The highest BCUT2D eigenvalue weighted by Crippen LogP contribution is 2.32. The molecule has 0 bridgehead atoms. The first-order valence-electron chi connectivity index (χ1n) is 5.86. The van der Waals surface area contributed by atoms with Gasteiger partial charge in [0.1, 0.15) is 0 Å². The number of aliphatic hydroxyl groups excluding tert-OH is 1. The lowest BCUT2D eigenvalue weighted by Gasteiger charge is -2.29. The van der Waals surface area contributed by atoms with Crippen molar-refractivity contribution in [2.24, 2.45) is 11.8 Å². The standard InChI is InChI=1S/C12H19F3O2/c1-17-11(16)10-6-4-9(5-7-10)3-2-8-12(13,14)15/h2-3,9-11,16H,4-8H2,1H3/b3-2+. The van der Waals surface area contributed by atoms with E-state index in [4.69, 9.17) is 4.74 Å². The zero-order chi connectivity index (χ0) is 12.9. The molecule has 0 aromatic heterocycles. The fourth-order valence-corrected chi connectivity index (χ4v) is 2.21. The number of rotatable bonds is 4. The van der Waals surface area contributed by atoms with Crippen LogP contribution in [0.15, 0.2) is 12.2 Å². The largest absolute Gasteiger partial charge is 0.392 e. The highest BCUT2D eigenvalue weighted by Gasteiger charge is 2.27. The summed E-state index contributed by atoms with van der Waals surface area (Å²) >= 11 is 0. The van der Waals surface area contributed by atoms with Gasteiger partial charge >= 0.3 is 6.18 Å². The number of allylic oxidation sites excluding steroid dienone is 2. The predicted octanol–water partition coefficient (Wildman–Crippen LogP) is 3.27. The minimum Gasteiger partial charge on any atom is -0.368 e. The lowest BCUT2D eigenvalue weighted by atomic mass is 9.81. The molecule has 0 saturated heterocycles. The maximum atomic E-state index is 11.9. The van der Waals surface area contributed by atoms with Gasteiger partial charge in [-0.2, -0.15) is 13.2 Å². The van der Waals surface area contributed by atoms with E-state index in [-0.39, 0.29) is 11.8 Å². The van der Waals surface area contributed by atoms with Crippen molar-refractivity contribution < 1.29 is 23.0 Å². The molecule has 0 radical (unpaired) electrons. The van der Waals surface area contributed by atoms with Crippen molar-refractivity contribution in [1.29, 1.82) is 0 Å². The highest BCUT2D eigenvalue weighted by molar-refractivity contribution is 4.92. The van der Waals surface area contributed by atoms with Crippen LogP contribution in [0.1, 0.15) is 32.1 Å². The molecule has 5 heteroatoms. The van der Waals surface area contributed by atoms with E-state index in [0.29, 0.717) is 0 Å². The Morgan fingerprint density at radius 2 is 1.88 bits per heavy atom. The Hall–Kier alpha value is -0.550. The van der Waals surface area contributed by atoms with Crippen LogP contribution in [0.4, 0.5) is 13.2 Å². The van der Waals surface area contributed by atoms with E-state index in [1.807, 2.05) is 0 Å². The summed E-state index contributed by atoms with van der Waals surface area (Å²) in [6.07, 6.45) is 0.397. The molecule has 1 fully saturated rings. The molecule has 1 N–H and O–H groups in total. The zero-order valence-electron chi connectivity index (χ0n) is 9.91. The minimum absolute atomic E-state index is 0.118. The zero-order valence-corrected chi connectivity index (χ0v) is 9.91. The second-order valence-corrected chi connectivity index (χ2v) is 4.55. The summed E-state index contributed by atoms with van der Waals surface area (Å²) in [4.78, 5) is 0. The molecule has 100 valence electrons. The molecule has 1 aliphatic rings. The lowest BCUT2D eigenvalue weighted by molar-refractivity contribution is -0.125. The van der Waals surface area contributed by atoms with Crippen LogP contribution in [0.5, 0.6) is 0 Å². The SMILES string of the molecule is COC(O)C1CCC(/C=C/CC(F)(F)F)CC1. The van der Waals surface area contributed by atoms with Crippen LogP contribution in [-0.2, 0) is 4.74 Å². The number of hydrogen-bond acceptors (Lipinski definition) is 2. The predicted molar refractivity (Wildman–Crippen MR) is 58.3 cm³/mol. The van der Waals surface area contributed by atoms with Crippen molar-refractivity contribution in [1.82, 2.24) is 0 Å². The summed E-state index contributed by atoms with van der Waals surface area (Å²) in [6.45, 7) is 0. The maximum absolute atomic E-state index is 11.9. The molecule has 1 unspecified atom stereocenters. The van der Waals surface area contributed by atoms with Crippen molar-refractivity contribution in [2.75, 3.05) is 7.11 Å². The molecule has 0 spiro atoms. The third-order valence-corrected chi connectivity index (χ3v) is 3.22. The molecular weight excluding hydrogens is 233 g/mol. The van der Waals surface area contributed by atoms with Gasteiger partial charge in [0.05, 0.1) is 6.42 Å². The number of aliphatic hydroxyl groups is 1. The smallest absolute Gasteiger partial charge is 0.368 e. The summed E-state index contributed by atoms with van der Waals surface area (Å²) in [5, 5.41) is 9.46. The van der Waals surface area contributed by atoms with Crippen LogP contribution in [0.25, 0.3) is 0 Å². The fourth-order valence-electron chi connectivity index (χ4n) is 2.21. The summed E-state index contributed by atoms with van der Waals surface area (Å²) < 4.78 is 40.6. The second-order valence-electron chi connectivity index (χ2n) is 4.55. The normalized spacial score (nSPS) is 28.5. The summed E-state index contributed by atoms with van der Waals surface area (Å²) in [6, 6.07) is 0. The van der Waals surface area contributed by atoms with Crippen LogP contribution < -0.4 is 0 Å². The number of ether oxygens (including phenoxy) is 1. The number of alkyl halides is 3. The van der Waals surface area contributed by atoms with Crippen molar-refractivity contribution in [3.63, 3.8) is 0 Å². The van der Waals surface area contributed by atoms with E-state index in [0.717, 1.165) is 25.7 Å². The molecule has 0 aromatic carbocycles. The van der Waals surface area contributed by atoms with Gasteiger partial charge in [-0.25, -0.2) is 0 Å². The minimum atomic E-state index is -4.11. The average molecular weight is 252 g/mol. The van der Waals surface area contributed by atoms with Gasteiger partial charge in [0.25, 0.3) is 0 Å². The third kappa shape index (κ3) is 5.55. The van der Waals surface area contributed by atoms with Crippen molar-refractivity contribution in [2.45, 2.75) is 44.6 Å². The summed E-state index contributed by atoms with van der Waals surface area (Å²) in [7, 11) is 1.46. The number of hydrogen-bond donors (Lipinski definition) is 1. The molecule has 1 saturated carbocycles. The maximum Gasteiger partial charge on any atom is 0.392 e. The highest BCUT2D eigenvalue weighted by atomic mass is 19.4. The monoisotopic (exact) mass is 252 g/mol. The molecule has 2 nitrogen and oxygen atoms in total. The Bertz CT molecular complexity index is 243. The molecule has 0 heterocycles. The summed E-state index contributed by atoms with van der Waals surface area (Å²) in [5.74, 6) is 0.324. The van der Waals surface area contributed by atoms with E-state index in [1.165, 1.54) is 13.2 Å². The molecule has 0 amide bonds. The van der Waals surface area contributed by atoms with Gasteiger partial charge in [-0.15, -0.1) is 0 Å². The number of halogens is 3. The van der Waals surface area contributed by atoms with E-state index in [1.54, 1.807) is 6.08 Å². The third-order valence-electron chi connectivity index (χ3n) is 3.22. The van der Waals surface area contributed by atoms with E-state index >= 15 is 0 Å². The molecule has 1 aliphatic carbocycles. The van der Waals surface area contributed by atoms with Crippen LogP contribution in [-0.4, -0.2) is 24.7 Å². The van der Waals surface area contributed by atoms with Crippen molar-refractivity contribution in [3.05, 3.63) is 12.2 Å². The van der Waals surface area contributed by atoms with E-state index in [2.05, 4.69) is 0 Å². The van der Waals surface area contributed by atoms with E-state index < -0.39 is 18.9 Å². The van der Waals surface area contributed by atoms with Crippen molar-refractivity contribution in [3.8, 4) is 0 Å². The Morgan fingerprint density at radius 3 is 2.35 bits per heavy atom. The van der Waals surface area contributed by atoms with Crippen LogP contribution in [0.3, 0.4) is 0 Å². The van der Waals surface area contributed by atoms with Crippen molar-refractivity contribution >= 4 is 0 Å². The molecule has 1 atom stereocenters. The van der Waals surface area contributed by atoms with Crippen LogP contribution in [0.2, 0.25) is 0 Å². The first-order valence-corrected chi connectivity index (χ1v) is 5.86. The second kappa shape index (κ2) is 6.40. The van der Waals surface area contributed by atoms with Gasteiger partial charge in [0, 0.05) is 13.0 Å². The van der Waals surface area contributed by atoms with Gasteiger partial charge in [0.2, 0.25) is 0 Å². The quantitative estimate of drug-likeness (QED) is 0.614. The Kier molecular flexibility index (Phi) is 5.46. The van der Waals surface area contributed by atoms with Gasteiger partial charge in [-0.05, 0) is 31.6 Å². The molecular formula is C12H19F3O2. The van der Waals surface area contributed by atoms with Gasteiger partial charge in [-0.3, -0.25) is 0 Å². The molecule has 0 aliphatic heterocycles.